The number of ether oxygens (including phenoxy) is 1. The molecule has 3 rings (SSSR count). The molecule has 132 valence electrons. The molecule has 0 radical (unpaired) electrons. The van der Waals surface area contributed by atoms with Gasteiger partial charge in [0.1, 0.15) is 10.8 Å². The first-order valence-corrected chi connectivity index (χ1v) is 9.27. The number of amides is 1. The molecule has 2 heterocycles. The minimum absolute atomic E-state index is 0.0602. The summed E-state index contributed by atoms with van der Waals surface area (Å²) in [5.41, 5.74) is 1.01. The number of methoxy groups -OCH3 is 1. The number of benzene rings is 1. The van der Waals surface area contributed by atoms with E-state index < -0.39 is 0 Å². The van der Waals surface area contributed by atoms with Gasteiger partial charge in [0.2, 0.25) is 11.0 Å². The lowest BCUT2D eigenvalue weighted by atomic mass is 10.2. The lowest BCUT2D eigenvalue weighted by molar-refractivity contribution is -0.116. The number of fused-ring (bicyclic) bond motifs is 1. The Labute approximate surface area is 150 Å². The Hall–Kier alpha value is -2.41. The number of aromatic nitrogens is 3. The highest BCUT2D eigenvalue weighted by Gasteiger charge is 2.11. The number of hydrogen-bond acceptors (Lipinski definition) is 5. The fourth-order valence-corrected chi connectivity index (χ4v) is 3.51. The zero-order valence-electron chi connectivity index (χ0n) is 14.5. The number of aryl methyl sites for hydroxylation is 2. The van der Waals surface area contributed by atoms with Crippen molar-refractivity contribution >= 4 is 33.3 Å². The SMILES string of the molecule is CCCCc1nnc(NC(=O)CCn2ccc3cccc(OC)c32)s1. The molecule has 0 aliphatic heterocycles. The smallest absolute Gasteiger partial charge is 0.227 e. The number of hydrogen-bond donors (Lipinski definition) is 1. The van der Waals surface area contributed by atoms with Gasteiger partial charge in [-0.05, 0) is 18.6 Å². The van der Waals surface area contributed by atoms with Crippen LogP contribution in [0.15, 0.2) is 30.5 Å². The van der Waals surface area contributed by atoms with Gasteiger partial charge in [0, 0.05) is 31.0 Å². The Morgan fingerprint density at radius 3 is 3.00 bits per heavy atom. The van der Waals surface area contributed by atoms with Crippen molar-refractivity contribution in [2.24, 2.45) is 0 Å². The summed E-state index contributed by atoms with van der Waals surface area (Å²) in [5.74, 6) is 0.752. The van der Waals surface area contributed by atoms with Crippen molar-refractivity contribution in [3.63, 3.8) is 0 Å². The van der Waals surface area contributed by atoms with Crippen LogP contribution < -0.4 is 10.1 Å². The van der Waals surface area contributed by atoms with Gasteiger partial charge in [0.25, 0.3) is 0 Å². The first-order valence-electron chi connectivity index (χ1n) is 8.45. The normalized spacial score (nSPS) is 11.0. The van der Waals surface area contributed by atoms with Crippen molar-refractivity contribution in [3.05, 3.63) is 35.5 Å². The van der Waals surface area contributed by atoms with Crippen LogP contribution in [-0.2, 0) is 17.8 Å². The number of para-hydroxylation sites is 1. The van der Waals surface area contributed by atoms with E-state index in [9.17, 15) is 4.79 Å². The topological polar surface area (TPSA) is 69.0 Å². The third-order valence-electron chi connectivity index (χ3n) is 4.01. The van der Waals surface area contributed by atoms with Crippen molar-refractivity contribution in [3.8, 4) is 5.75 Å². The average molecular weight is 358 g/mol. The predicted molar refractivity (Wildman–Crippen MR) is 100 cm³/mol. The van der Waals surface area contributed by atoms with E-state index in [1.165, 1.54) is 11.3 Å². The standard InChI is InChI=1S/C18H22N4O2S/c1-3-4-8-16-20-21-18(25-16)19-15(23)10-12-22-11-9-13-6-5-7-14(24-2)17(13)22/h5-7,9,11H,3-4,8,10,12H2,1-2H3,(H,19,21,23). The minimum atomic E-state index is -0.0602. The Bertz CT molecular complexity index is 856. The van der Waals surface area contributed by atoms with E-state index >= 15 is 0 Å². The van der Waals surface area contributed by atoms with Crippen LogP contribution in [0.5, 0.6) is 5.75 Å². The molecular formula is C18H22N4O2S. The Morgan fingerprint density at radius 1 is 1.32 bits per heavy atom. The van der Waals surface area contributed by atoms with Gasteiger partial charge < -0.3 is 14.6 Å². The monoisotopic (exact) mass is 358 g/mol. The van der Waals surface area contributed by atoms with Gasteiger partial charge in [-0.25, -0.2) is 0 Å². The van der Waals surface area contributed by atoms with Gasteiger partial charge in [-0.1, -0.05) is 36.8 Å². The second kappa shape index (κ2) is 8.11. The van der Waals surface area contributed by atoms with E-state index in [-0.39, 0.29) is 5.91 Å². The zero-order chi connectivity index (χ0) is 17.6. The second-order valence-corrected chi connectivity index (χ2v) is 6.87. The molecular weight excluding hydrogens is 336 g/mol. The molecule has 1 aromatic carbocycles. The van der Waals surface area contributed by atoms with Crippen LogP contribution in [0.2, 0.25) is 0 Å². The van der Waals surface area contributed by atoms with E-state index in [1.54, 1.807) is 7.11 Å². The summed E-state index contributed by atoms with van der Waals surface area (Å²) in [5, 5.41) is 13.6. The van der Waals surface area contributed by atoms with E-state index in [4.69, 9.17) is 4.74 Å². The minimum Gasteiger partial charge on any atom is -0.495 e. The molecule has 1 amide bonds. The lowest BCUT2D eigenvalue weighted by Crippen LogP contribution is -2.14. The van der Waals surface area contributed by atoms with Crippen LogP contribution in [-0.4, -0.2) is 27.8 Å². The fourth-order valence-electron chi connectivity index (χ4n) is 2.71. The van der Waals surface area contributed by atoms with Crippen molar-refractivity contribution in [1.29, 1.82) is 0 Å². The van der Waals surface area contributed by atoms with E-state index in [1.807, 2.05) is 35.0 Å². The maximum Gasteiger partial charge on any atom is 0.227 e. The molecule has 0 aliphatic carbocycles. The number of nitrogens with zero attached hydrogens (tertiary/aromatic N) is 3. The molecule has 0 fully saturated rings. The molecule has 0 bridgehead atoms. The number of carbonyl (C=O) groups is 1. The molecule has 3 aromatic rings. The third-order valence-corrected chi connectivity index (χ3v) is 4.91. The Morgan fingerprint density at radius 2 is 2.20 bits per heavy atom. The quantitative estimate of drug-likeness (QED) is 0.663. The van der Waals surface area contributed by atoms with Crippen molar-refractivity contribution in [2.45, 2.75) is 39.2 Å². The van der Waals surface area contributed by atoms with Gasteiger partial charge in [0.15, 0.2) is 0 Å². The number of anilines is 1. The summed E-state index contributed by atoms with van der Waals surface area (Å²) in [6.45, 7) is 2.72. The molecule has 0 atom stereocenters. The van der Waals surface area contributed by atoms with Crippen LogP contribution in [0, 0.1) is 0 Å². The van der Waals surface area contributed by atoms with Gasteiger partial charge in [-0.3, -0.25) is 4.79 Å². The van der Waals surface area contributed by atoms with Crippen molar-refractivity contribution in [2.75, 3.05) is 12.4 Å². The molecule has 7 heteroatoms. The summed E-state index contributed by atoms with van der Waals surface area (Å²) in [6, 6.07) is 7.95. The van der Waals surface area contributed by atoms with E-state index in [0.717, 1.165) is 40.9 Å². The number of rotatable bonds is 8. The van der Waals surface area contributed by atoms with Crippen molar-refractivity contribution < 1.29 is 9.53 Å². The summed E-state index contributed by atoms with van der Waals surface area (Å²) in [7, 11) is 1.66. The first-order chi connectivity index (χ1) is 12.2. The van der Waals surface area contributed by atoms with E-state index in [2.05, 4.69) is 22.4 Å². The molecule has 1 N–H and O–H groups in total. The number of carbonyl (C=O) groups excluding carboxylic acids is 1. The highest BCUT2D eigenvalue weighted by molar-refractivity contribution is 7.15. The number of nitrogens with one attached hydrogen (secondary N) is 1. The highest BCUT2D eigenvalue weighted by Crippen LogP contribution is 2.26. The average Bonchev–Trinajstić information content (AvgIpc) is 3.24. The number of unbranched alkanes of at least 4 members (excludes halogenated alkanes) is 1. The molecule has 25 heavy (non-hydrogen) atoms. The highest BCUT2D eigenvalue weighted by atomic mass is 32.1. The molecule has 2 aromatic heterocycles. The molecule has 0 aliphatic rings. The maximum atomic E-state index is 12.2. The van der Waals surface area contributed by atoms with Gasteiger partial charge in [-0.15, -0.1) is 10.2 Å². The van der Waals surface area contributed by atoms with E-state index in [0.29, 0.717) is 18.1 Å². The molecule has 0 unspecified atom stereocenters. The fraction of sp³-hybridized carbons (Fsp3) is 0.389. The largest absolute Gasteiger partial charge is 0.495 e. The van der Waals surface area contributed by atoms with Crippen LogP contribution in [0.25, 0.3) is 10.9 Å². The lowest BCUT2D eigenvalue weighted by Gasteiger charge is -2.08. The zero-order valence-corrected chi connectivity index (χ0v) is 15.3. The van der Waals surface area contributed by atoms with Crippen LogP contribution in [0.3, 0.4) is 0 Å². The summed E-state index contributed by atoms with van der Waals surface area (Å²) in [4.78, 5) is 12.2. The van der Waals surface area contributed by atoms with Gasteiger partial charge in [0.05, 0.1) is 12.6 Å². The molecule has 0 saturated carbocycles. The van der Waals surface area contributed by atoms with Crippen LogP contribution in [0.4, 0.5) is 5.13 Å². The van der Waals surface area contributed by atoms with Crippen LogP contribution >= 0.6 is 11.3 Å². The third kappa shape index (κ3) is 4.17. The van der Waals surface area contributed by atoms with Gasteiger partial charge >= 0.3 is 0 Å². The van der Waals surface area contributed by atoms with Crippen molar-refractivity contribution in [1.82, 2.24) is 14.8 Å². The molecule has 6 nitrogen and oxygen atoms in total. The Kier molecular flexibility index (Phi) is 5.65. The predicted octanol–water partition coefficient (Wildman–Crippen LogP) is 3.87. The summed E-state index contributed by atoms with van der Waals surface area (Å²) >= 11 is 1.45. The molecule has 0 saturated heterocycles. The maximum absolute atomic E-state index is 12.2. The molecule has 0 spiro atoms. The van der Waals surface area contributed by atoms with Gasteiger partial charge in [-0.2, -0.15) is 0 Å². The summed E-state index contributed by atoms with van der Waals surface area (Å²) < 4.78 is 7.47. The first kappa shape index (κ1) is 17.4. The van der Waals surface area contributed by atoms with Crippen LogP contribution in [0.1, 0.15) is 31.2 Å². The second-order valence-electron chi connectivity index (χ2n) is 5.81. The Balaban J connectivity index is 1.60. The summed E-state index contributed by atoms with van der Waals surface area (Å²) in [6.07, 6.45) is 5.47.